The molecule has 1 N–H and O–H groups in total. The molecule has 0 radical (unpaired) electrons. The SMILES string of the molecule is CCc1cc2c(NCCCN(C)C)nc(-c3ccccc3)nc2s1. The average molecular weight is 340 g/mol. The van der Waals surface area contributed by atoms with Gasteiger partial charge in [-0.3, -0.25) is 0 Å². The van der Waals surface area contributed by atoms with E-state index in [-0.39, 0.29) is 0 Å². The Bertz CT molecular complexity index is 796. The van der Waals surface area contributed by atoms with Crippen LogP contribution in [0.1, 0.15) is 18.2 Å². The van der Waals surface area contributed by atoms with Gasteiger partial charge >= 0.3 is 0 Å². The van der Waals surface area contributed by atoms with Crippen LogP contribution in [0.2, 0.25) is 0 Å². The number of hydrogen-bond acceptors (Lipinski definition) is 5. The van der Waals surface area contributed by atoms with Crippen molar-refractivity contribution in [1.82, 2.24) is 14.9 Å². The van der Waals surface area contributed by atoms with Crippen LogP contribution in [0.25, 0.3) is 21.6 Å². The van der Waals surface area contributed by atoms with Gasteiger partial charge in [0.1, 0.15) is 10.6 Å². The molecule has 0 bridgehead atoms. The van der Waals surface area contributed by atoms with Crippen LogP contribution < -0.4 is 5.32 Å². The Hall–Kier alpha value is -1.98. The predicted octanol–water partition coefficient (Wildman–Crippen LogP) is 4.28. The van der Waals surface area contributed by atoms with Crippen LogP contribution in [0.4, 0.5) is 5.82 Å². The first-order valence-electron chi connectivity index (χ1n) is 8.42. The molecule has 1 aromatic carbocycles. The molecule has 5 heteroatoms. The van der Waals surface area contributed by atoms with Crippen molar-refractivity contribution in [1.29, 1.82) is 0 Å². The Kier molecular flexibility index (Phi) is 5.43. The van der Waals surface area contributed by atoms with Gasteiger partial charge in [-0.2, -0.15) is 0 Å². The van der Waals surface area contributed by atoms with E-state index >= 15 is 0 Å². The topological polar surface area (TPSA) is 41.0 Å². The van der Waals surface area contributed by atoms with Gasteiger partial charge in [-0.05, 0) is 39.5 Å². The van der Waals surface area contributed by atoms with E-state index < -0.39 is 0 Å². The van der Waals surface area contributed by atoms with Crippen molar-refractivity contribution in [2.75, 3.05) is 32.5 Å². The first-order valence-corrected chi connectivity index (χ1v) is 9.23. The fourth-order valence-corrected chi connectivity index (χ4v) is 3.57. The van der Waals surface area contributed by atoms with Gasteiger partial charge in [-0.15, -0.1) is 11.3 Å². The van der Waals surface area contributed by atoms with Crippen molar-refractivity contribution in [2.24, 2.45) is 0 Å². The number of aromatic nitrogens is 2. The highest BCUT2D eigenvalue weighted by molar-refractivity contribution is 7.18. The Morgan fingerprint density at radius 1 is 1.12 bits per heavy atom. The number of hydrogen-bond donors (Lipinski definition) is 1. The van der Waals surface area contributed by atoms with Gasteiger partial charge in [-0.25, -0.2) is 9.97 Å². The van der Waals surface area contributed by atoms with Crippen molar-refractivity contribution in [3.8, 4) is 11.4 Å². The van der Waals surface area contributed by atoms with Crippen LogP contribution in [-0.2, 0) is 6.42 Å². The molecule has 0 atom stereocenters. The average Bonchev–Trinajstić information content (AvgIpc) is 3.02. The quantitative estimate of drug-likeness (QED) is 0.652. The van der Waals surface area contributed by atoms with Crippen LogP contribution in [-0.4, -0.2) is 42.1 Å². The summed E-state index contributed by atoms with van der Waals surface area (Å²) in [6.07, 6.45) is 2.12. The number of aryl methyl sites for hydroxylation is 1. The lowest BCUT2D eigenvalue weighted by atomic mass is 10.2. The molecule has 3 aromatic rings. The fourth-order valence-electron chi connectivity index (χ4n) is 2.60. The first-order chi connectivity index (χ1) is 11.7. The molecule has 0 aliphatic rings. The van der Waals surface area contributed by atoms with Crippen molar-refractivity contribution in [3.05, 3.63) is 41.3 Å². The molecule has 4 nitrogen and oxygen atoms in total. The minimum atomic E-state index is 0.794. The van der Waals surface area contributed by atoms with Crippen LogP contribution in [0.5, 0.6) is 0 Å². The van der Waals surface area contributed by atoms with Crippen LogP contribution >= 0.6 is 11.3 Å². The second kappa shape index (κ2) is 7.73. The summed E-state index contributed by atoms with van der Waals surface area (Å²) in [5.74, 6) is 1.75. The van der Waals surface area contributed by atoms with E-state index in [2.05, 4.69) is 49.4 Å². The first kappa shape index (κ1) is 16.9. The van der Waals surface area contributed by atoms with E-state index in [1.807, 2.05) is 18.2 Å². The molecular weight excluding hydrogens is 316 g/mol. The Labute approximate surface area is 147 Å². The van der Waals surface area contributed by atoms with Gasteiger partial charge in [0, 0.05) is 17.0 Å². The third-order valence-electron chi connectivity index (χ3n) is 3.90. The maximum atomic E-state index is 4.81. The fraction of sp³-hybridized carbons (Fsp3) is 0.368. The van der Waals surface area contributed by atoms with Crippen molar-refractivity contribution >= 4 is 27.4 Å². The predicted molar refractivity (Wildman–Crippen MR) is 104 cm³/mol. The highest BCUT2D eigenvalue weighted by Crippen LogP contribution is 2.31. The monoisotopic (exact) mass is 340 g/mol. The molecule has 24 heavy (non-hydrogen) atoms. The lowest BCUT2D eigenvalue weighted by molar-refractivity contribution is 0.405. The van der Waals surface area contributed by atoms with Crippen molar-refractivity contribution in [2.45, 2.75) is 19.8 Å². The molecule has 0 fully saturated rings. The molecule has 0 saturated heterocycles. The van der Waals surface area contributed by atoms with E-state index in [9.17, 15) is 0 Å². The number of anilines is 1. The number of benzene rings is 1. The van der Waals surface area contributed by atoms with Gasteiger partial charge < -0.3 is 10.2 Å². The third kappa shape index (κ3) is 3.91. The Morgan fingerprint density at radius 2 is 1.92 bits per heavy atom. The van der Waals surface area contributed by atoms with Gasteiger partial charge in [-0.1, -0.05) is 37.3 Å². The summed E-state index contributed by atoms with van der Waals surface area (Å²) in [6.45, 7) is 4.16. The molecule has 0 aliphatic heterocycles. The minimum absolute atomic E-state index is 0.794. The summed E-state index contributed by atoms with van der Waals surface area (Å²) in [5.41, 5.74) is 1.06. The summed E-state index contributed by atoms with van der Waals surface area (Å²) in [7, 11) is 4.20. The number of nitrogens with one attached hydrogen (secondary N) is 1. The maximum absolute atomic E-state index is 4.81. The summed E-state index contributed by atoms with van der Waals surface area (Å²) >= 11 is 1.77. The van der Waals surface area contributed by atoms with Gasteiger partial charge in [0.15, 0.2) is 5.82 Å². The van der Waals surface area contributed by atoms with Crippen molar-refractivity contribution in [3.63, 3.8) is 0 Å². The standard InChI is InChI=1S/C19H24N4S/c1-4-15-13-16-18(20-11-8-12-23(2)3)21-17(22-19(16)24-15)14-9-6-5-7-10-14/h5-7,9-10,13H,4,8,11-12H2,1-3H3,(H,20,21,22). The molecular formula is C19H24N4S. The van der Waals surface area contributed by atoms with Gasteiger partial charge in [0.2, 0.25) is 0 Å². The number of thiophene rings is 1. The highest BCUT2D eigenvalue weighted by atomic mass is 32.1. The van der Waals surface area contributed by atoms with E-state index in [1.54, 1.807) is 11.3 Å². The lowest BCUT2D eigenvalue weighted by Crippen LogP contribution is -2.16. The normalized spacial score (nSPS) is 11.3. The molecule has 0 unspecified atom stereocenters. The zero-order valence-corrected chi connectivity index (χ0v) is 15.4. The second-order valence-electron chi connectivity index (χ2n) is 6.13. The van der Waals surface area contributed by atoms with E-state index in [4.69, 9.17) is 9.97 Å². The molecule has 2 heterocycles. The summed E-state index contributed by atoms with van der Waals surface area (Å²) in [5, 5.41) is 4.66. The van der Waals surface area contributed by atoms with Crippen molar-refractivity contribution < 1.29 is 0 Å². The van der Waals surface area contributed by atoms with Crippen LogP contribution in [0, 0.1) is 0 Å². The molecule has 3 rings (SSSR count). The number of rotatable bonds is 7. The van der Waals surface area contributed by atoms with E-state index in [1.165, 1.54) is 4.88 Å². The lowest BCUT2D eigenvalue weighted by Gasteiger charge is -2.11. The molecule has 126 valence electrons. The van der Waals surface area contributed by atoms with Crippen LogP contribution in [0.3, 0.4) is 0 Å². The Balaban J connectivity index is 1.93. The van der Waals surface area contributed by atoms with E-state index in [0.29, 0.717) is 0 Å². The highest BCUT2D eigenvalue weighted by Gasteiger charge is 2.12. The largest absolute Gasteiger partial charge is 0.369 e. The smallest absolute Gasteiger partial charge is 0.163 e. The molecule has 0 saturated carbocycles. The zero-order valence-electron chi connectivity index (χ0n) is 14.5. The summed E-state index contributed by atoms with van der Waals surface area (Å²) < 4.78 is 0. The Morgan fingerprint density at radius 3 is 2.62 bits per heavy atom. The summed E-state index contributed by atoms with van der Waals surface area (Å²) in [6, 6.07) is 12.4. The van der Waals surface area contributed by atoms with Gasteiger partial charge in [0.05, 0.1) is 5.39 Å². The second-order valence-corrected chi connectivity index (χ2v) is 7.25. The van der Waals surface area contributed by atoms with E-state index in [0.717, 1.165) is 53.4 Å². The molecule has 0 aliphatic carbocycles. The number of fused-ring (bicyclic) bond motifs is 1. The zero-order chi connectivity index (χ0) is 16.9. The minimum Gasteiger partial charge on any atom is -0.369 e. The maximum Gasteiger partial charge on any atom is 0.163 e. The summed E-state index contributed by atoms with van der Waals surface area (Å²) in [4.78, 5) is 14.2. The molecule has 2 aromatic heterocycles. The number of nitrogens with zero attached hydrogens (tertiary/aromatic N) is 3. The van der Waals surface area contributed by atoms with Gasteiger partial charge in [0.25, 0.3) is 0 Å². The molecule has 0 spiro atoms. The van der Waals surface area contributed by atoms with Crippen LogP contribution in [0.15, 0.2) is 36.4 Å². The third-order valence-corrected chi connectivity index (χ3v) is 5.07. The molecule has 0 amide bonds.